The lowest BCUT2D eigenvalue weighted by Crippen LogP contribution is -2.45. The molecule has 2 atom stereocenters. The summed E-state index contributed by atoms with van der Waals surface area (Å²) in [6, 6.07) is 14.5. The van der Waals surface area contributed by atoms with Gasteiger partial charge in [-0.05, 0) is 67.8 Å². The van der Waals surface area contributed by atoms with Gasteiger partial charge in [0.15, 0.2) is 0 Å². The third kappa shape index (κ3) is 9.50. The van der Waals surface area contributed by atoms with E-state index in [4.69, 9.17) is 9.29 Å². The zero-order valence-corrected chi connectivity index (χ0v) is 23.1. The molecule has 2 N–H and O–H groups in total. The second kappa shape index (κ2) is 12.7. The molecule has 9 nitrogen and oxygen atoms in total. The molecule has 40 heavy (non-hydrogen) atoms. The van der Waals surface area contributed by atoms with Crippen molar-refractivity contribution in [2.24, 2.45) is 0 Å². The number of hydrogen-bond acceptors (Lipinski definition) is 7. The van der Waals surface area contributed by atoms with E-state index in [1.54, 1.807) is 25.3 Å². The van der Waals surface area contributed by atoms with Crippen LogP contribution in [0.3, 0.4) is 0 Å². The van der Waals surface area contributed by atoms with Crippen molar-refractivity contribution < 1.29 is 40.4 Å². The molecule has 2 aromatic carbocycles. The summed E-state index contributed by atoms with van der Waals surface area (Å²) in [5.41, 5.74) is 3.13. The van der Waals surface area contributed by atoms with Gasteiger partial charge in [-0.3, -0.25) is 9.35 Å². The first-order valence-corrected chi connectivity index (χ1v) is 14.0. The molecule has 1 saturated heterocycles. The maximum Gasteiger partial charge on any atom is 0.573 e. The molecule has 0 radical (unpaired) electrons. The highest BCUT2D eigenvalue weighted by molar-refractivity contribution is 7.85. The fourth-order valence-electron chi connectivity index (χ4n) is 4.24. The van der Waals surface area contributed by atoms with Crippen LogP contribution < -0.4 is 15.0 Å². The number of ether oxygens (including phenoxy) is 2. The van der Waals surface area contributed by atoms with E-state index in [9.17, 15) is 26.4 Å². The summed E-state index contributed by atoms with van der Waals surface area (Å²) in [6.45, 7) is 7.35. The molecular weight excluding hydrogens is 551 g/mol. The first kappa shape index (κ1) is 30.9. The number of pyridine rings is 1. The van der Waals surface area contributed by atoms with Gasteiger partial charge in [0, 0.05) is 18.7 Å². The van der Waals surface area contributed by atoms with E-state index in [1.807, 2.05) is 32.0 Å². The maximum atomic E-state index is 13.0. The molecule has 0 spiro atoms. The Labute approximate surface area is 230 Å². The predicted octanol–water partition coefficient (Wildman–Crippen LogP) is 5.33. The molecule has 1 aliphatic heterocycles. The number of nitrogens with one attached hydrogen (secondary N) is 1. The van der Waals surface area contributed by atoms with Gasteiger partial charge in [-0.25, -0.2) is 4.98 Å². The third-order valence-corrected chi connectivity index (χ3v) is 5.73. The summed E-state index contributed by atoms with van der Waals surface area (Å²) in [7, 11) is -3.67. The molecule has 4 rings (SSSR count). The van der Waals surface area contributed by atoms with Crippen LogP contribution in [0, 0.1) is 6.92 Å². The van der Waals surface area contributed by atoms with Crippen molar-refractivity contribution in [1.82, 2.24) is 4.98 Å². The van der Waals surface area contributed by atoms with Crippen molar-refractivity contribution in [2.75, 3.05) is 29.6 Å². The quantitative estimate of drug-likeness (QED) is 0.389. The molecule has 0 unspecified atom stereocenters. The van der Waals surface area contributed by atoms with Gasteiger partial charge in [0.1, 0.15) is 11.6 Å². The Hall–Kier alpha value is -3.68. The molecule has 0 saturated carbocycles. The highest BCUT2D eigenvalue weighted by Gasteiger charge is 2.31. The Morgan fingerprint density at radius 3 is 2.20 bits per heavy atom. The number of amides is 1. The number of nitrogens with zero attached hydrogens (tertiary/aromatic N) is 2. The van der Waals surface area contributed by atoms with Gasteiger partial charge in [0.05, 0.1) is 30.3 Å². The highest BCUT2D eigenvalue weighted by Crippen LogP contribution is 2.30. The van der Waals surface area contributed by atoms with Crippen molar-refractivity contribution in [3.05, 3.63) is 71.9 Å². The van der Waals surface area contributed by atoms with Crippen LogP contribution in [0.5, 0.6) is 5.75 Å². The number of carbonyl (C=O) groups excluding carboxylic acids is 1. The zero-order chi connectivity index (χ0) is 29.7. The van der Waals surface area contributed by atoms with Crippen molar-refractivity contribution in [3.8, 4) is 16.9 Å². The Morgan fingerprint density at radius 1 is 1.07 bits per heavy atom. The lowest BCUT2D eigenvalue weighted by Gasteiger charge is -2.36. The number of hydrogen-bond donors (Lipinski definition) is 2. The van der Waals surface area contributed by atoms with E-state index in [2.05, 4.69) is 19.9 Å². The number of morpholine rings is 1. The minimum Gasteiger partial charge on any atom is -0.406 e. The van der Waals surface area contributed by atoms with Crippen LogP contribution >= 0.6 is 0 Å². The second-order valence-corrected chi connectivity index (χ2v) is 10.8. The Kier molecular flexibility index (Phi) is 9.77. The minimum absolute atomic E-state index is 0.114. The number of rotatable bonds is 5. The Bertz CT molecular complexity index is 1400. The molecule has 0 aliphatic carbocycles. The first-order valence-electron chi connectivity index (χ1n) is 12.1. The zero-order valence-electron chi connectivity index (χ0n) is 22.3. The summed E-state index contributed by atoms with van der Waals surface area (Å²) in [5.74, 6) is 0.218. The molecule has 3 aromatic rings. The second-order valence-electron chi connectivity index (χ2n) is 9.30. The van der Waals surface area contributed by atoms with Crippen LogP contribution in [-0.2, 0) is 14.9 Å². The van der Waals surface area contributed by atoms with E-state index in [0.29, 0.717) is 28.6 Å². The van der Waals surface area contributed by atoms with E-state index in [1.165, 1.54) is 24.3 Å². The highest BCUT2D eigenvalue weighted by atomic mass is 32.2. The molecule has 1 fully saturated rings. The lowest BCUT2D eigenvalue weighted by molar-refractivity contribution is -0.274. The van der Waals surface area contributed by atoms with Gasteiger partial charge in [-0.1, -0.05) is 24.3 Å². The Morgan fingerprint density at radius 2 is 1.68 bits per heavy atom. The molecule has 1 aliphatic rings. The summed E-state index contributed by atoms with van der Waals surface area (Å²) >= 11 is 0. The molecule has 13 heteroatoms. The van der Waals surface area contributed by atoms with E-state index < -0.39 is 16.5 Å². The maximum absolute atomic E-state index is 13.0. The van der Waals surface area contributed by atoms with Crippen LogP contribution in [0.4, 0.5) is 24.7 Å². The summed E-state index contributed by atoms with van der Waals surface area (Å²) in [4.78, 5) is 19.6. The van der Waals surface area contributed by atoms with Crippen LogP contribution in [0.15, 0.2) is 60.8 Å². The standard InChI is InChI=1S/C26H26F3N3O3.CH4O3S/c1-16-14-32(15-17(2)34-16)24-12-9-20(13-30-24)31-25(33)23-6-4-5-22(18(23)3)19-7-10-21(11-8-19)35-26(27,28)29;1-5(2,3)4/h4-13,16-17H,14-15H2,1-3H3,(H,31,33);1H3,(H,2,3,4)/t16-,17+;. The van der Waals surface area contributed by atoms with E-state index in [-0.39, 0.29) is 23.9 Å². The minimum atomic E-state index is -4.75. The fraction of sp³-hybridized carbons (Fsp3) is 0.333. The summed E-state index contributed by atoms with van der Waals surface area (Å²) in [5, 5.41) is 2.87. The molecular formula is C27H30F3N3O6S. The molecule has 216 valence electrons. The smallest absolute Gasteiger partial charge is 0.406 e. The number of anilines is 2. The number of halogens is 3. The van der Waals surface area contributed by atoms with Gasteiger partial charge in [-0.2, -0.15) is 8.42 Å². The van der Waals surface area contributed by atoms with Crippen LogP contribution in [-0.4, -0.2) is 61.8 Å². The van der Waals surface area contributed by atoms with Crippen molar-refractivity contribution in [2.45, 2.75) is 39.3 Å². The average Bonchev–Trinajstić information content (AvgIpc) is 2.82. The monoisotopic (exact) mass is 581 g/mol. The van der Waals surface area contributed by atoms with Crippen LogP contribution in [0.2, 0.25) is 0 Å². The van der Waals surface area contributed by atoms with Gasteiger partial charge in [-0.15, -0.1) is 13.2 Å². The first-order chi connectivity index (χ1) is 18.6. The fourth-order valence-corrected chi connectivity index (χ4v) is 4.24. The van der Waals surface area contributed by atoms with Gasteiger partial charge >= 0.3 is 6.36 Å². The number of aromatic nitrogens is 1. The predicted molar refractivity (Wildman–Crippen MR) is 145 cm³/mol. The van der Waals surface area contributed by atoms with Gasteiger partial charge in [0.25, 0.3) is 16.0 Å². The van der Waals surface area contributed by atoms with Gasteiger partial charge < -0.3 is 19.7 Å². The summed E-state index contributed by atoms with van der Waals surface area (Å²) in [6.07, 6.45) is -2.18. The number of benzene rings is 2. The third-order valence-electron chi connectivity index (χ3n) is 5.73. The van der Waals surface area contributed by atoms with Crippen molar-refractivity contribution in [1.29, 1.82) is 0 Å². The van der Waals surface area contributed by atoms with Crippen LogP contribution in [0.1, 0.15) is 29.8 Å². The molecule has 1 amide bonds. The van der Waals surface area contributed by atoms with Crippen molar-refractivity contribution >= 4 is 27.5 Å². The number of alkyl halides is 3. The molecule has 0 bridgehead atoms. The molecule has 1 aromatic heterocycles. The number of carbonyl (C=O) groups is 1. The average molecular weight is 582 g/mol. The van der Waals surface area contributed by atoms with Crippen LogP contribution in [0.25, 0.3) is 11.1 Å². The normalized spacial score (nSPS) is 17.4. The van der Waals surface area contributed by atoms with Gasteiger partial charge in [0.2, 0.25) is 0 Å². The van der Waals surface area contributed by atoms with E-state index >= 15 is 0 Å². The molecule has 2 heterocycles. The van der Waals surface area contributed by atoms with Crippen molar-refractivity contribution in [3.63, 3.8) is 0 Å². The SMILES string of the molecule is CS(=O)(=O)O.Cc1c(C(=O)Nc2ccc(N3C[C@@H](C)O[C@@H](C)C3)nc2)cccc1-c1ccc(OC(F)(F)F)cc1. The lowest BCUT2D eigenvalue weighted by atomic mass is 9.96. The largest absolute Gasteiger partial charge is 0.573 e. The topological polar surface area (TPSA) is 118 Å². The van der Waals surface area contributed by atoms with E-state index in [0.717, 1.165) is 24.5 Å². The summed E-state index contributed by atoms with van der Waals surface area (Å²) < 4.78 is 72.8. The Balaban J connectivity index is 0.000000810.